The predicted octanol–water partition coefficient (Wildman–Crippen LogP) is 3.01. The Balaban J connectivity index is 1.50. The Morgan fingerprint density at radius 1 is 1.08 bits per heavy atom. The lowest BCUT2D eigenvalue weighted by molar-refractivity contribution is -0.121. The number of nitrogens with zero attached hydrogens (tertiary/aromatic N) is 3. The number of carbonyl (C=O) groups excluding carboxylic acids is 2. The van der Waals surface area contributed by atoms with Crippen molar-refractivity contribution in [2.75, 3.05) is 10.6 Å². The maximum atomic E-state index is 12.0. The summed E-state index contributed by atoms with van der Waals surface area (Å²) in [6, 6.07) is 9.51. The van der Waals surface area contributed by atoms with E-state index in [0.717, 1.165) is 22.3 Å². The van der Waals surface area contributed by atoms with Gasteiger partial charge in [0, 0.05) is 18.2 Å². The second-order valence-corrected chi connectivity index (χ2v) is 6.43. The number of fused-ring (bicyclic) bond motifs is 1. The molecule has 2 heterocycles. The van der Waals surface area contributed by atoms with Gasteiger partial charge in [0.05, 0.1) is 17.4 Å². The van der Waals surface area contributed by atoms with Crippen molar-refractivity contribution in [3.05, 3.63) is 41.5 Å². The van der Waals surface area contributed by atoms with Crippen LogP contribution in [0.15, 0.2) is 36.5 Å². The number of hydrogen-bond acceptors (Lipinski definition) is 6. The summed E-state index contributed by atoms with van der Waals surface area (Å²) in [7, 11) is 0. The third-order valence-electron chi connectivity index (χ3n) is 3.47. The number of carbonyl (C=O) groups is 2. The molecule has 0 atom stereocenters. The molecule has 0 spiro atoms. The van der Waals surface area contributed by atoms with Crippen LogP contribution in [-0.2, 0) is 16.0 Å². The number of hydrogen-bond donors (Lipinski definition) is 2. The minimum absolute atomic E-state index is 0.0773. The Labute approximate surface area is 148 Å². The lowest BCUT2D eigenvalue weighted by Crippen LogP contribution is -2.17. The maximum Gasteiger partial charge on any atom is 0.226 e. The summed E-state index contributed by atoms with van der Waals surface area (Å²) >= 11 is 1.34. The Bertz CT molecular complexity index is 909. The number of para-hydroxylation sites is 1. The number of aromatic nitrogens is 3. The second-order valence-electron chi connectivity index (χ2n) is 5.37. The van der Waals surface area contributed by atoms with E-state index in [9.17, 15) is 9.59 Å². The van der Waals surface area contributed by atoms with Crippen molar-refractivity contribution in [3.8, 4) is 0 Å². The molecular formula is C17H17N5O2S. The van der Waals surface area contributed by atoms with Gasteiger partial charge in [0.2, 0.25) is 16.9 Å². The quantitative estimate of drug-likeness (QED) is 0.708. The monoisotopic (exact) mass is 355 g/mol. The minimum Gasteiger partial charge on any atom is -0.325 e. The van der Waals surface area contributed by atoms with Crippen LogP contribution >= 0.6 is 11.3 Å². The molecule has 0 aliphatic heterocycles. The van der Waals surface area contributed by atoms with E-state index in [-0.39, 0.29) is 24.7 Å². The zero-order valence-corrected chi connectivity index (χ0v) is 14.5. The molecule has 0 saturated carbocycles. The van der Waals surface area contributed by atoms with Crippen molar-refractivity contribution in [1.29, 1.82) is 0 Å². The molecule has 1 aromatic carbocycles. The molecular weight excluding hydrogens is 338 g/mol. The van der Waals surface area contributed by atoms with Gasteiger partial charge in [0.15, 0.2) is 0 Å². The van der Waals surface area contributed by atoms with Crippen LogP contribution in [0, 0.1) is 0 Å². The van der Waals surface area contributed by atoms with Crippen LogP contribution in [-0.4, -0.2) is 27.0 Å². The van der Waals surface area contributed by atoms with E-state index >= 15 is 0 Å². The van der Waals surface area contributed by atoms with E-state index in [4.69, 9.17) is 0 Å². The van der Waals surface area contributed by atoms with E-state index in [1.54, 1.807) is 6.20 Å². The van der Waals surface area contributed by atoms with Crippen LogP contribution in [0.5, 0.6) is 0 Å². The van der Waals surface area contributed by atoms with Crippen molar-refractivity contribution in [2.45, 2.75) is 26.2 Å². The molecule has 2 amide bonds. The summed E-state index contributed by atoms with van der Waals surface area (Å²) in [5, 5.41) is 15.5. The lowest BCUT2D eigenvalue weighted by atomic mass is 10.2. The highest BCUT2D eigenvalue weighted by Gasteiger charge is 2.10. The molecule has 0 fully saturated rings. The van der Waals surface area contributed by atoms with Crippen LogP contribution in [0.25, 0.3) is 10.9 Å². The highest BCUT2D eigenvalue weighted by atomic mass is 32.1. The topological polar surface area (TPSA) is 96.9 Å². The normalized spacial score (nSPS) is 10.6. The van der Waals surface area contributed by atoms with Crippen LogP contribution in [0.2, 0.25) is 0 Å². The number of rotatable bonds is 6. The van der Waals surface area contributed by atoms with Gasteiger partial charge < -0.3 is 10.6 Å². The zero-order valence-electron chi connectivity index (χ0n) is 13.7. The van der Waals surface area contributed by atoms with Gasteiger partial charge >= 0.3 is 0 Å². The Morgan fingerprint density at radius 3 is 2.60 bits per heavy atom. The van der Waals surface area contributed by atoms with E-state index in [2.05, 4.69) is 25.8 Å². The molecule has 0 saturated heterocycles. The first-order valence-electron chi connectivity index (χ1n) is 7.91. The van der Waals surface area contributed by atoms with E-state index in [1.165, 1.54) is 11.3 Å². The second kappa shape index (κ2) is 7.80. The number of anilines is 2. The Hall–Kier alpha value is -2.87. The number of amides is 2. The molecule has 0 unspecified atom stereocenters. The van der Waals surface area contributed by atoms with Crippen molar-refractivity contribution < 1.29 is 9.59 Å². The van der Waals surface area contributed by atoms with E-state index < -0.39 is 0 Å². The zero-order chi connectivity index (χ0) is 17.6. The SMILES string of the molecule is CCc1nnc(NC(=O)CCC(=O)Nc2cnc3ccccc3c2)s1. The highest BCUT2D eigenvalue weighted by molar-refractivity contribution is 7.15. The fourth-order valence-electron chi connectivity index (χ4n) is 2.22. The highest BCUT2D eigenvalue weighted by Crippen LogP contribution is 2.17. The average Bonchev–Trinajstić information content (AvgIpc) is 3.07. The van der Waals surface area contributed by atoms with Gasteiger partial charge in [0.25, 0.3) is 0 Å². The summed E-state index contributed by atoms with van der Waals surface area (Å²) in [5.74, 6) is -0.496. The standard InChI is InChI=1S/C17H17N5O2S/c1-2-16-21-22-17(25-16)20-15(24)8-7-14(23)19-12-9-11-5-3-4-6-13(11)18-10-12/h3-6,9-10H,2,7-8H2,1H3,(H,19,23)(H,20,22,24). The van der Waals surface area contributed by atoms with Crippen molar-refractivity contribution in [1.82, 2.24) is 15.2 Å². The minimum atomic E-state index is -0.259. The first-order chi connectivity index (χ1) is 12.1. The third-order valence-corrected chi connectivity index (χ3v) is 4.45. The molecule has 8 heteroatoms. The van der Waals surface area contributed by atoms with Crippen LogP contribution in [0.1, 0.15) is 24.8 Å². The molecule has 0 bridgehead atoms. The van der Waals surface area contributed by atoms with Crippen molar-refractivity contribution in [2.24, 2.45) is 0 Å². The predicted molar refractivity (Wildman–Crippen MR) is 97.5 cm³/mol. The van der Waals surface area contributed by atoms with Crippen LogP contribution in [0.4, 0.5) is 10.8 Å². The van der Waals surface area contributed by atoms with E-state index in [0.29, 0.717) is 10.8 Å². The van der Waals surface area contributed by atoms with Gasteiger partial charge in [0.1, 0.15) is 5.01 Å². The molecule has 2 aromatic heterocycles. The smallest absolute Gasteiger partial charge is 0.226 e. The molecule has 25 heavy (non-hydrogen) atoms. The van der Waals surface area contributed by atoms with Gasteiger partial charge in [-0.15, -0.1) is 10.2 Å². The molecule has 0 aliphatic rings. The third kappa shape index (κ3) is 4.57. The molecule has 2 N–H and O–H groups in total. The molecule has 0 aliphatic carbocycles. The van der Waals surface area contributed by atoms with Gasteiger partial charge in [-0.3, -0.25) is 14.6 Å². The summed E-state index contributed by atoms with van der Waals surface area (Å²) in [6.07, 6.45) is 2.54. The van der Waals surface area contributed by atoms with Crippen LogP contribution in [0.3, 0.4) is 0 Å². The van der Waals surface area contributed by atoms with Gasteiger partial charge in [-0.25, -0.2) is 0 Å². The van der Waals surface area contributed by atoms with Crippen molar-refractivity contribution >= 4 is 44.9 Å². The lowest BCUT2D eigenvalue weighted by Gasteiger charge is -2.06. The number of nitrogens with one attached hydrogen (secondary N) is 2. The fourth-order valence-corrected chi connectivity index (χ4v) is 2.91. The maximum absolute atomic E-state index is 12.0. The van der Waals surface area contributed by atoms with Crippen LogP contribution < -0.4 is 10.6 Å². The molecule has 3 rings (SSSR count). The summed E-state index contributed by atoms with van der Waals surface area (Å²) in [5.41, 5.74) is 1.48. The average molecular weight is 355 g/mol. The first-order valence-corrected chi connectivity index (χ1v) is 8.72. The van der Waals surface area contributed by atoms with E-state index in [1.807, 2.05) is 37.3 Å². The summed E-state index contributed by atoms with van der Waals surface area (Å²) in [6.45, 7) is 1.97. The molecule has 128 valence electrons. The number of pyridine rings is 1. The Kier molecular flexibility index (Phi) is 5.30. The van der Waals surface area contributed by atoms with Gasteiger partial charge in [-0.2, -0.15) is 0 Å². The molecule has 3 aromatic rings. The summed E-state index contributed by atoms with van der Waals surface area (Å²) < 4.78 is 0. The van der Waals surface area contributed by atoms with Gasteiger partial charge in [-0.05, 0) is 18.6 Å². The largest absolute Gasteiger partial charge is 0.325 e. The molecule has 7 nitrogen and oxygen atoms in total. The number of aryl methyl sites for hydroxylation is 1. The molecule has 0 radical (unpaired) electrons. The summed E-state index contributed by atoms with van der Waals surface area (Å²) in [4.78, 5) is 28.2. The fraction of sp³-hybridized carbons (Fsp3) is 0.235. The first kappa shape index (κ1) is 17.0. The van der Waals surface area contributed by atoms with Gasteiger partial charge in [-0.1, -0.05) is 36.5 Å². The number of benzene rings is 1. The van der Waals surface area contributed by atoms with Crippen molar-refractivity contribution in [3.63, 3.8) is 0 Å². The Morgan fingerprint density at radius 2 is 1.84 bits per heavy atom.